The molecule has 3 aromatic carbocycles. The van der Waals surface area contributed by atoms with Crippen molar-refractivity contribution in [2.45, 2.75) is 12.5 Å². The van der Waals surface area contributed by atoms with Crippen molar-refractivity contribution >= 4 is 5.78 Å². The number of aliphatic hydroxyl groups excluding tert-OH is 1. The van der Waals surface area contributed by atoms with Gasteiger partial charge in [-0.25, -0.2) is 0 Å². The average Bonchev–Trinajstić information content (AvgIpc) is 2.70. The number of carbonyl (C=O) groups is 1. The fourth-order valence-corrected chi connectivity index (χ4v) is 2.74. The standard InChI is InChI=1S/C23H20O2/c24-22(19-12-6-2-7-13-19)21(17-16-18-10-4-1-5-11-18)23(25)20-14-8-3-9-15-20/h1-15,17,22,24H,16H2/b21-17-. The minimum atomic E-state index is -0.947. The van der Waals surface area contributed by atoms with E-state index in [2.05, 4.69) is 0 Å². The van der Waals surface area contributed by atoms with Gasteiger partial charge in [-0.2, -0.15) is 0 Å². The number of carbonyl (C=O) groups excluding carboxylic acids is 1. The molecule has 2 heteroatoms. The van der Waals surface area contributed by atoms with Gasteiger partial charge >= 0.3 is 0 Å². The zero-order valence-corrected chi connectivity index (χ0v) is 13.9. The minimum Gasteiger partial charge on any atom is -0.384 e. The van der Waals surface area contributed by atoms with Gasteiger partial charge in [0.25, 0.3) is 0 Å². The quantitative estimate of drug-likeness (QED) is 0.523. The summed E-state index contributed by atoms with van der Waals surface area (Å²) in [6.07, 6.45) is 1.48. The maximum absolute atomic E-state index is 13.0. The molecule has 0 aliphatic carbocycles. The highest BCUT2D eigenvalue weighted by atomic mass is 16.3. The lowest BCUT2D eigenvalue weighted by molar-refractivity contribution is 0.0986. The number of aliphatic hydroxyl groups is 1. The molecule has 2 nitrogen and oxygen atoms in total. The lowest BCUT2D eigenvalue weighted by atomic mass is 9.93. The first-order chi connectivity index (χ1) is 12.3. The Labute approximate surface area is 148 Å². The molecule has 0 aliphatic heterocycles. The summed E-state index contributed by atoms with van der Waals surface area (Å²) in [7, 11) is 0. The molecule has 3 aromatic rings. The Kier molecular flexibility index (Phi) is 5.55. The highest BCUT2D eigenvalue weighted by molar-refractivity contribution is 6.09. The molecule has 0 fully saturated rings. The molecule has 25 heavy (non-hydrogen) atoms. The molecule has 0 spiro atoms. The predicted octanol–water partition coefficient (Wildman–Crippen LogP) is 4.77. The molecule has 0 aromatic heterocycles. The summed E-state index contributed by atoms with van der Waals surface area (Å²) in [4.78, 5) is 13.0. The van der Waals surface area contributed by atoms with Gasteiger partial charge in [-0.15, -0.1) is 0 Å². The molecule has 0 bridgehead atoms. The number of rotatable bonds is 6. The number of benzene rings is 3. The van der Waals surface area contributed by atoms with Crippen LogP contribution in [0.1, 0.15) is 27.6 Å². The van der Waals surface area contributed by atoms with Crippen molar-refractivity contribution in [3.8, 4) is 0 Å². The zero-order valence-electron chi connectivity index (χ0n) is 13.9. The van der Waals surface area contributed by atoms with Gasteiger partial charge in [-0.05, 0) is 17.5 Å². The third kappa shape index (κ3) is 4.31. The van der Waals surface area contributed by atoms with E-state index in [1.807, 2.05) is 84.9 Å². The summed E-state index contributed by atoms with van der Waals surface area (Å²) in [5, 5.41) is 10.8. The lowest BCUT2D eigenvalue weighted by Gasteiger charge is -2.15. The van der Waals surface area contributed by atoms with E-state index in [1.165, 1.54) is 0 Å². The van der Waals surface area contributed by atoms with Crippen LogP contribution in [-0.4, -0.2) is 10.9 Å². The number of Topliss-reactive ketones (excluding diaryl/α,β-unsaturated/α-hetero) is 1. The number of hydrogen-bond donors (Lipinski definition) is 1. The van der Waals surface area contributed by atoms with Gasteiger partial charge in [0.2, 0.25) is 0 Å². The van der Waals surface area contributed by atoms with Crippen LogP contribution in [0.5, 0.6) is 0 Å². The number of ketones is 1. The summed E-state index contributed by atoms with van der Waals surface area (Å²) in [5.41, 5.74) is 2.80. The minimum absolute atomic E-state index is 0.145. The zero-order chi connectivity index (χ0) is 17.5. The van der Waals surface area contributed by atoms with Crippen LogP contribution in [0, 0.1) is 0 Å². The summed E-state index contributed by atoms with van der Waals surface area (Å²) in [6, 6.07) is 28.3. The molecule has 0 aliphatic rings. The van der Waals surface area contributed by atoms with Crippen LogP contribution in [0.4, 0.5) is 0 Å². The second kappa shape index (κ2) is 8.22. The smallest absolute Gasteiger partial charge is 0.191 e. The van der Waals surface area contributed by atoms with Crippen molar-refractivity contribution in [2.24, 2.45) is 0 Å². The van der Waals surface area contributed by atoms with E-state index in [-0.39, 0.29) is 5.78 Å². The van der Waals surface area contributed by atoms with Crippen LogP contribution in [0.25, 0.3) is 0 Å². The van der Waals surface area contributed by atoms with Crippen LogP contribution in [-0.2, 0) is 6.42 Å². The fourth-order valence-electron chi connectivity index (χ4n) is 2.74. The van der Waals surface area contributed by atoms with Crippen LogP contribution in [0.15, 0.2) is 103 Å². The van der Waals surface area contributed by atoms with E-state index in [4.69, 9.17) is 0 Å². The van der Waals surface area contributed by atoms with Crippen molar-refractivity contribution in [3.63, 3.8) is 0 Å². The second-order valence-corrected chi connectivity index (χ2v) is 5.86. The van der Waals surface area contributed by atoms with Crippen molar-refractivity contribution in [1.82, 2.24) is 0 Å². The molecule has 0 heterocycles. The van der Waals surface area contributed by atoms with Gasteiger partial charge in [0, 0.05) is 11.1 Å². The van der Waals surface area contributed by atoms with Gasteiger partial charge in [-0.1, -0.05) is 97.1 Å². The Hall–Kier alpha value is -2.97. The number of hydrogen-bond acceptors (Lipinski definition) is 2. The lowest BCUT2D eigenvalue weighted by Crippen LogP contribution is -2.12. The largest absolute Gasteiger partial charge is 0.384 e. The van der Waals surface area contributed by atoms with Crippen molar-refractivity contribution in [2.75, 3.05) is 0 Å². The van der Waals surface area contributed by atoms with Gasteiger partial charge < -0.3 is 5.11 Å². The Morgan fingerprint density at radius 1 is 0.800 bits per heavy atom. The molecule has 0 saturated heterocycles. The van der Waals surface area contributed by atoms with Crippen LogP contribution in [0.3, 0.4) is 0 Å². The highest BCUT2D eigenvalue weighted by Gasteiger charge is 2.21. The highest BCUT2D eigenvalue weighted by Crippen LogP contribution is 2.25. The summed E-state index contributed by atoms with van der Waals surface area (Å²) in [6.45, 7) is 0. The number of allylic oxidation sites excluding steroid dienone is 1. The Morgan fingerprint density at radius 2 is 1.32 bits per heavy atom. The predicted molar refractivity (Wildman–Crippen MR) is 100 cm³/mol. The summed E-state index contributed by atoms with van der Waals surface area (Å²) >= 11 is 0. The van der Waals surface area contributed by atoms with Gasteiger partial charge in [-0.3, -0.25) is 4.79 Å². The van der Waals surface area contributed by atoms with E-state index in [0.717, 1.165) is 5.56 Å². The molecule has 1 N–H and O–H groups in total. The van der Waals surface area contributed by atoms with Gasteiger partial charge in [0.1, 0.15) is 6.10 Å². The first-order valence-electron chi connectivity index (χ1n) is 8.32. The first-order valence-corrected chi connectivity index (χ1v) is 8.32. The Morgan fingerprint density at radius 3 is 1.92 bits per heavy atom. The SMILES string of the molecule is O=C(/C(=C\Cc1ccccc1)C(O)c1ccccc1)c1ccccc1. The molecule has 1 atom stereocenters. The molecular formula is C23H20O2. The average molecular weight is 328 g/mol. The van der Waals surface area contributed by atoms with Crippen LogP contribution >= 0.6 is 0 Å². The molecular weight excluding hydrogens is 308 g/mol. The van der Waals surface area contributed by atoms with E-state index in [9.17, 15) is 9.90 Å². The van der Waals surface area contributed by atoms with E-state index in [1.54, 1.807) is 12.1 Å². The first kappa shape index (κ1) is 16.9. The molecule has 0 radical (unpaired) electrons. The topological polar surface area (TPSA) is 37.3 Å². The molecule has 0 saturated carbocycles. The molecule has 1 unspecified atom stereocenters. The maximum atomic E-state index is 13.0. The van der Waals surface area contributed by atoms with Crippen LogP contribution < -0.4 is 0 Å². The van der Waals surface area contributed by atoms with Crippen molar-refractivity contribution in [1.29, 1.82) is 0 Å². The molecule has 124 valence electrons. The van der Waals surface area contributed by atoms with E-state index in [0.29, 0.717) is 23.1 Å². The fraction of sp³-hybridized carbons (Fsp3) is 0.0870. The Bertz CT molecular complexity index is 837. The van der Waals surface area contributed by atoms with Gasteiger partial charge in [0.15, 0.2) is 5.78 Å². The third-order valence-electron chi connectivity index (χ3n) is 4.11. The van der Waals surface area contributed by atoms with Crippen LogP contribution in [0.2, 0.25) is 0 Å². The van der Waals surface area contributed by atoms with E-state index < -0.39 is 6.10 Å². The van der Waals surface area contributed by atoms with Crippen molar-refractivity contribution < 1.29 is 9.90 Å². The van der Waals surface area contributed by atoms with Gasteiger partial charge in [0.05, 0.1) is 0 Å². The summed E-state index contributed by atoms with van der Waals surface area (Å²) < 4.78 is 0. The molecule has 3 rings (SSSR count). The maximum Gasteiger partial charge on any atom is 0.191 e. The molecule has 0 amide bonds. The summed E-state index contributed by atoms with van der Waals surface area (Å²) in [5.74, 6) is -0.145. The monoisotopic (exact) mass is 328 g/mol. The van der Waals surface area contributed by atoms with Crippen molar-refractivity contribution in [3.05, 3.63) is 119 Å². The normalized spacial score (nSPS) is 12.6. The third-order valence-corrected chi connectivity index (χ3v) is 4.11. The Balaban J connectivity index is 1.94. The van der Waals surface area contributed by atoms with E-state index >= 15 is 0 Å². The second-order valence-electron chi connectivity index (χ2n) is 5.86.